The Labute approximate surface area is 178 Å². The highest BCUT2D eigenvalue weighted by Gasteiger charge is 2.41. The molecule has 1 fully saturated rings. The maximum absolute atomic E-state index is 13.1. The molecule has 2 heterocycles. The summed E-state index contributed by atoms with van der Waals surface area (Å²) in [7, 11) is -3.91. The van der Waals surface area contributed by atoms with Gasteiger partial charge in [-0.05, 0) is 42.5 Å². The van der Waals surface area contributed by atoms with Gasteiger partial charge in [-0.25, -0.2) is 18.3 Å². The fourth-order valence-corrected chi connectivity index (χ4v) is 6.05. The van der Waals surface area contributed by atoms with Crippen molar-refractivity contribution in [3.05, 3.63) is 33.3 Å². The van der Waals surface area contributed by atoms with Crippen LogP contribution in [0.3, 0.4) is 0 Å². The molecule has 0 aromatic heterocycles. The van der Waals surface area contributed by atoms with Gasteiger partial charge in [0.15, 0.2) is 0 Å². The van der Waals surface area contributed by atoms with Crippen molar-refractivity contribution in [1.82, 2.24) is 14.3 Å². The molecule has 0 spiro atoms. The standard InChI is InChI=1S/C17H21Cl2N3O6S/c18-13-6-11-3-5-20(8-12(11)7-14(13)19)29(27,28)9-16(22(26)10-23)15-2-1-4-21(15)17(24)25/h6-7,10,15-16,26H,1-5,8-9H2,(H,24,25). The molecule has 3 rings (SSSR count). The van der Waals surface area contributed by atoms with Crippen molar-refractivity contribution in [2.75, 3.05) is 18.8 Å². The first kappa shape index (κ1) is 22.1. The number of fused-ring (bicyclic) bond motifs is 1. The van der Waals surface area contributed by atoms with Crippen LogP contribution in [0.2, 0.25) is 10.0 Å². The third-order valence-corrected chi connectivity index (χ3v) is 8.01. The van der Waals surface area contributed by atoms with Crippen LogP contribution in [-0.2, 0) is 27.8 Å². The minimum Gasteiger partial charge on any atom is -0.465 e. The summed E-state index contributed by atoms with van der Waals surface area (Å²) >= 11 is 12.1. The average molecular weight is 466 g/mol. The minimum atomic E-state index is -3.91. The number of carboxylic acid groups (broad SMARTS) is 1. The largest absolute Gasteiger partial charge is 0.465 e. The number of hydroxylamine groups is 2. The van der Waals surface area contributed by atoms with E-state index in [1.54, 1.807) is 12.1 Å². The Balaban J connectivity index is 1.83. The summed E-state index contributed by atoms with van der Waals surface area (Å²) in [5.41, 5.74) is 1.64. The molecule has 29 heavy (non-hydrogen) atoms. The fourth-order valence-electron chi connectivity index (χ4n) is 3.95. The Hall–Kier alpha value is -1.59. The van der Waals surface area contributed by atoms with Crippen LogP contribution in [0.15, 0.2) is 12.1 Å². The minimum absolute atomic E-state index is 0.0844. The van der Waals surface area contributed by atoms with Crippen LogP contribution in [0, 0.1) is 0 Å². The SMILES string of the molecule is O=CN(O)C(CS(=O)(=O)N1CCc2cc(Cl)c(Cl)cc2C1)C1CCCN1C(=O)O. The van der Waals surface area contributed by atoms with Crippen molar-refractivity contribution in [1.29, 1.82) is 0 Å². The molecule has 1 aromatic carbocycles. The van der Waals surface area contributed by atoms with Crippen molar-refractivity contribution >= 4 is 45.7 Å². The summed E-state index contributed by atoms with van der Waals surface area (Å²) in [4.78, 5) is 23.7. The predicted octanol–water partition coefficient (Wildman–Crippen LogP) is 2.04. The normalized spacial score (nSPS) is 20.9. The summed E-state index contributed by atoms with van der Waals surface area (Å²) in [6.07, 6.45) is 0.209. The third-order valence-electron chi connectivity index (χ3n) is 5.43. The van der Waals surface area contributed by atoms with E-state index < -0.39 is 34.0 Å². The second kappa shape index (κ2) is 8.65. The number of nitrogens with zero attached hydrogens (tertiary/aromatic N) is 3. The molecule has 2 atom stereocenters. The van der Waals surface area contributed by atoms with E-state index in [0.29, 0.717) is 29.3 Å². The molecule has 9 nitrogen and oxygen atoms in total. The van der Waals surface area contributed by atoms with Crippen molar-refractivity contribution in [2.24, 2.45) is 0 Å². The number of hydrogen-bond donors (Lipinski definition) is 2. The van der Waals surface area contributed by atoms with Crippen molar-refractivity contribution in [3.8, 4) is 0 Å². The molecule has 0 saturated carbocycles. The summed E-state index contributed by atoms with van der Waals surface area (Å²) in [5.74, 6) is -0.590. The lowest BCUT2D eigenvalue weighted by Gasteiger charge is -2.35. The number of carbonyl (C=O) groups is 2. The number of hydrogen-bond acceptors (Lipinski definition) is 5. The van der Waals surface area contributed by atoms with Crippen LogP contribution >= 0.6 is 23.2 Å². The number of rotatable bonds is 6. The van der Waals surface area contributed by atoms with Crippen molar-refractivity contribution < 1.29 is 28.3 Å². The van der Waals surface area contributed by atoms with Gasteiger partial charge in [-0.1, -0.05) is 23.2 Å². The lowest BCUT2D eigenvalue weighted by molar-refractivity contribution is -0.162. The van der Waals surface area contributed by atoms with E-state index in [0.717, 1.165) is 16.0 Å². The maximum Gasteiger partial charge on any atom is 0.407 e. The van der Waals surface area contributed by atoms with Crippen LogP contribution in [0.1, 0.15) is 24.0 Å². The topological polar surface area (TPSA) is 118 Å². The summed E-state index contributed by atoms with van der Waals surface area (Å²) in [5, 5.41) is 20.3. The first-order valence-electron chi connectivity index (χ1n) is 9.00. The number of benzene rings is 1. The van der Waals surface area contributed by atoms with E-state index >= 15 is 0 Å². The zero-order valence-electron chi connectivity index (χ0n) is 15.4. The molecule has 0 bridgehead atoms. The molecule has 0 radical (unpaired) electrons. The number of carbonyl (C=O) groups excluding carboxylic acids is 1. The smallest absolute Gasteiger partial charge is 0.407 e. The Kier molecular flexibility index (Phi) is 6.59. The molecule has 2 N–H and O–H groups in total. The molecule has 12 heteroatoms. The van der Waals surface area contributed by atoms with Gasteiger partial charge in [0.25, 0.3) is 0 Å². The number of amides is 2. The van der Waals surface area contributed by atoms with E-state index in [1.165, 1.54) is 4.31 Å². The second-order valence-electron chi connectivity index (χ2n) is 7.14. The molecule has 1 saturated heterocycles. The molecule has 2 aliphatic heterocycles. The van der Waals surface area contributed by atoms with Gasteiger partial charge in [0, 0.05) is 19.6 Å². The zero-order chi connectivity index (χ0) is 21.3. The Morgan fingerprint density at radius 2 is 1.93 bits per heavy atom. The van der Waals surface area contributed by atoms with Gasteiger partial charge in [-0.2, -0.15) is 4.31 Å². The van der Waals surface area contributed by atoms with E-state index in [9.17, 15) is 28.3 Å². The van der Waals surface area contributed by atoms with Gasteiger partial charge in [0.1, 0.15) is 0 Å². The molecule has 2 aliphatic rings. The van der Waals surface area contributed by atoms with E-state index in [2.05, 4.69) is 0 Å². The van der Waals surface area contributed by atoms with Crippen molar-refractivity contribution in [3.63, 3.8) is 0 Å². The van der Waals surface area contributed by atoms with Crippen molar-refractivity contribution in [2.45, 2.75) is 37.9 Å². The maximum atomic E-state index is 13.1. The quantitative estimate of drug-likeness (QED) is 0.376. The highest BCUT2D eigenvalue weighted by Crippen LogP contribution is 2.31. The Bertz CT molecular complexity index is 913. The number of likely N-dealkylation sites (tertiary alicyclic amines) is 1. The van der Waals surface area contributed by atoms with E-state index in [1.807, 2.05) is 0 Å². The third kappa shape index (κ3) is 4.61. The molecular weight excluding hydrogens is 445 g/mol. The predicted molar refractivity (Wildman–Crippen MR) is 106 cm³/mol. The molecular formula is C17H21Cl2N3O6S. The molecule has 0 aliphatic carbocycles. The fraction of sp³-hybridized carbons (Fsp3) is 0.529. The molecule has 2 amide bonds. The molecule has 2 unspecified atom stereocenters. The second-order valence-corrected chi connectivity index (χ2v) is 9.96. The summed E-state index contributed by atoms with van der Waals surface area (Å²) < 4.78 is 27.4. The first-order valence-corrected chi connectivity index (χ1v) is 11.4. The average Bonchev–Trinajstić information content (AvgIpc) is 3.16. The van der Waals surface area contributed by atoms with Gasteiger partial charge in [0.05, 0.1) is 27.9 Å². The molecule has 160 valence electrons. The van der Waals surface area contributed by atoms with Gasteiger partial charge < -0.3 is 10.0 Å². The zero-order valence-corrected chi connectivity index (χ0v) is 17.7. The highest BCUT2D eigenvalue weighted by atomic mass is 35.5. The lowest BCUT2D eigenvalue weighted by atomic mass is 10.0. The van der Waals surface area contributed by atoms with Crippen LogP contribution in [-0.4, -0.2) is 76.4 Å². The summed E-state index contributed by atoms with van der Waals surface area (Å²) in [6, 6.07) is 1.34. The first-order chi connectivity index (χ1) is 13.6. The van der Waals surface area contributed by atoms with E-state index in [-0.39, 0.29) is 31.1 Å². The monoisotopic (exact) mass is 465 g/mol. The molecule has 1 aromatic rings. The van der Waals surface area contributed by atoms with Gasteiger partial charge in [-0.15, -0.1) is 0 Å². The van der Waals surface area contributed by atoms with Gasteiger partial charge in [-0.3, -0.25) is 10.0 Å². The summed E-state index contributed by atoms with van der Waals surface area (Å²) in [6.45, 7) is 0.514. The number of sulfonamides is 1. The lowest BCUT2D eigenvalue weighted by Crippen LogP contribution is -2.54. The van der Waals surface area contributed by atoms with E-state index in [4.69, 9.17) is 23.2 Å². The van der Waals surface area contributed by atoms with Crippen LogP contribution in [0.4, 0.5) is 4.79 Å². The Morgan fingerprint density at radius 1 is 1.28 bits per heavy atom. The van der Waals surface area contributed by atoms with Crippen LogP contribution in [0.25, 0.3) is 0 Å². The van der Waals surface area contributed by atoms with Crippen LogP contribution in [0.5, 0.6) is 0 Å². The number of halogens is 2. The highest BCUT2D eigenvalue weighted by molar-refractivity contribution is 7.89. The Morgan fingerprint density at radius 3 is 2.55 bits per heavy atom. The van der Waals surface area contributed by atoms with Crippen LogP contribution < -0.4 is 0 Å². The van der Waals surface area contributed by atoms with Gasteiger partial charge in [0.2, 0.25) is 16.4 Å². The van der Waals surface area contributed by atoms with Gasteiger partial charge >= 0.3 is 6.09 Å².